The van der Waals surface area contributed by atoms with Crippen LogP contribution in [0.15, 0.2) is 78.0 Å². The summed E-state index contributed by atoms with van der Waals surface area (Å²) in [7, 11) is -3.68. The van der Waals surface area contributed by atoms with Crippen molar-refractivity contribution in [2.75, 3.05) is 36.5 Å². The average Bonchev–Trinajstić information content (AvgIpc) is 2.84. The summed E-state index contributed by atoms with van der Waals surface area (Å²) in [5.74, 6) is -0.259. The van der Waals surface area contributed by atoms with Crippen LogP contribution < -0.4 is 14.9 Å². The van der Waals surface area contributed by atoms with E-state index < -0.39 is 10.0 Å². The molecule has 1 aliphatic rings. The van der Waals surface area contributed by atoms with Gasteiger partial charge in [-0.25, -0.2) is 13.1 Å². The van der Waals surface area contributed by atoms with E-state index in [1.165, 1.54) is 0 Å². The number of hydrogen-bond donors (Lipinski definition) is 2. The summed E-state index contributed by atoms with van der Waals surface area (Å²) in [4.78, 5) is 18.6. The number of ether oxygens (including phenoxy) is 1. The van der Waals surface area contributed by atoms with Crippen LogP contribution >= 0.6 is 0 Å². The van der Waals surface area contributed by atoms with E-state index in [1.807, 2.05) is 6.07 Å². The van der Waals surface area contributed by atoms with Gasteiger partial charge >= 0.3 is 0 Å². The molecule has 8 nitrogen and oxygen atoms in total. The molecule has 1 amide bonds. The number of morpholine rings is 1. The van der Waals surface area contributed by atoms with E-state index in [0.717, 1.165) is 24.3 Å². The Hall–Kier alpha value is -3.27. The number of aromatic nitrogens is 1. The fraction of sp³-hybridized carbons (Fsp3) is 0.217. The molecule has 0 unspecified atom stereocenters. The summed E-state index contributed by atoms with van der Waals surface area (Å²) >= 11 is 0. The Morgan fingerprint density at radius 1 is 1.03 bits per heavy atom. The third-order valence-electron chi connectivity index (χ3n) is 5.11. The van der Waals surface area contributed by atoms with E-state index in [2.05, 4.69) is 19.9 Å². The van der Waals surface area contributed by atoms with Crippen molar-refractivity contribution in [2.24, 2.45) is 0 Å². The standard InChI is InChI=1S/C23H24N4O4S/c28-23(26-20-3-2-10-24-17-20)19-8-6-18(7-9-19)16-25-32(29,30)22-5-1-4-21(15-22)27-11-13-31-14-12-27/h1-10,15,17,25H,11-14,16H2,(H,26,28). The van der Waals surface area contributed by atoms with Gasteiger partial charge in [-0.15, -0.1) is 0 Å². The first-order valence-electron chi connectivity index (χ1n) is 10.2. The Morgan fingerprint density at radius 2 is 1.81 bits per heavy atom. The molecule has 9 heteroatoms. The van der Waals surface area contributed by atoms with Crippen molar-refractivity contribution < 1.29 is 17.9 Å². The van der Waals surface area contributed by atoms with E-state index in [-0.39, 0.29) is 17.3 Å². The highest BCUT2D eigenvalue weighted by Gasteiger charge is 2.17. The van der Waals surface area contributed by atoms with Gasteiger partial charge in [0.25, 0.3) is 5.91 Å². The maximum Gasteiger partial charge on any atom is 0.255 e. The summed E-state index contributed by atoms with van der Waals surface area (Å²) in [5, 5.41) is 2.76. The number of benzene rings is 2. The normalized spacial score (nSPS) is 14.2. The number of sulfonamides is 1. The molecular weight excluding hydrogens is 428 g/mol. The molecule has 166 valence electrons. The Kier molecular flexibility index (Phi) is 6.79. The van der Waals surface area contributed by atoms with Crippen molar-refractivity contribution in [2.45, 2.75) is 11.4 Å². The third kappa shape index (κ3) is 5.50. The van der Waals surface area contributed by atoms with Gasteiger partial charge in [-0.05, 0) is 48.0 Å². The van der Waals surface area contributed by atoms with Gasteiger partial charge in [0.2, 0.25) is 10.0 Å². The number of pyridine rings is 1. The number of rotatable bonds is 7. The largest absolute Gasteiger partial charge is 0.378 e. The zero-order chi connectivity index (χ0) is 22.4. The fourth-order valence-electron chi connectivity index (χ4n) is 3.34. The predicted molar refractivity (Wildman–Crippen MR) is 122 cm³/mol. The van der Waals surface area contributed by atoms with Crippen LogP contribution in [-0.4, -0.2) is 45.6 Å². The molecule has 4 rings (SSSR count). The summed E-state index contributed by atoms with van der Waals surface area (Å²) < 4.78 is 33.6. The number of amides is 1. The monoisotopic (exact) mass is 452 g/mol. The van der Waals surface area contributed by atoms with Gasteiger partial charge in [0.1, 0.15) is 0 Å². The molecule has 32 heavy (non-hydrogen) atoms. The quantitative estimate of drug-likeness (QED) is 0.572. The van der Waals surface area contributed by atoms with Crippen molar-refractivity contribution in [1.29, 1.82) is 0 Å². The second-order valence-corrected chi connectivity index (χ2v) is 9.08. The molecule has 1 aliphatic heterocycles. The SMILES string of the molecule is O=C(Nc1cccnc1)c1ccc(CNS(=O)(=O)c2cccc(N3CCOCC3)c2)cc1. The summed E-state index contributed by atoms with van der Waals surface area (Å²) in [6.07, 6.45) is 3.19. The number of carbonyl (C=O) groups is 1. The average molecular weight is 453 g/mol. The summed E-state index contributed by atoms with van der Waals surface area (Å²) in [6, 6.07) is 17.2. The van der Waals surface area contributed by atoms with Crippen molar-refractivity contribution in [3.8, 4) is 0 Å². The second-order valence-electron chi connectivity index (χ2n) is 7.31. The maximum atomic E-state index is 12.8. The van der Waals surface area contributed by atoms with Gasteiger partial charge in [-0.1, -0.05) is 18.2 Å². The van der Waals surface area contributed by atoms with E-state index in [4.69, 9.17) is 4.74 Å². The fourth-order valence-corrected chi connectivity index (χ4v) is 4.40. The molecular formula is C23H24N4O4S. The topological polar surface area (TPSA) is 101 Å². The molecule has 0 spiro atoms. The maximum absolute atomic E-state index is 12.8. The third-order valence-corrected chi connectivity index (χ3v) is 6.50. The molecule has 0 bridgehead atoms. The van der Waals surface area contributed by atoms with Crippen LogP contribution in [0.5, 0.6) is 0 Å². The number of carbonyl (C=O) groups excluding carboxylic acids is 1. The number of nitrogens with zero attached hydrogens (tertiary/aromatic N) is 2. The lowest BCUT2D eigenvalue weighted by molar-refractivity contribution is 0.102. The van der Waals surface area contributed by atoms with Crippen LogP contribution in [-0.2, 0) is 21.3 Å². The van der Waals surface area contributed by atoms with Crippen LogP contribution in [0.1, 0.15) is 15.9 Å². The lowest BCUT2D eigenvalue weighted by Gasteiger charge is -2.29. The molecule has 0 atom stereocenters. The molecule has 0 saturated carbocycles. The van der Waals surface area contributed by atoms with Gasteiger partial charge < -0.3 is 15.0 Å². The van der Waals surface area contributed by atoms with Gasteiger partial charge in [0.15, 0.2) is 0 Å². The Labute approximate surface area is 187 Å². The van der Waals surface area contributed by atoms with Crippen LogP contribution in [0.25, 0.3) is 0 Å². The molecule has 2 aromatic carbocycles. The van der Waals surface area contributed by atoms with Crippen molar-refractivity contribution in [1.82, 2.24) is 9.71 Å². The lowest BCUT2D eigenvalue weighted by Crippen LogP contribution is -2.36. The van der Waals surface area contributed by atoms with Gasteiger partial charge in [0.05, 0.1) is 30.0 Å². The van der Waals surface area contributed by atoms with Gasteiger partial charge in [0, 0.05) is 37.1 Å². The Morgan fingerprint density at radius 3 is 2.53 bits per heavy atom. The first-order valence-corrected chi connectivity index (χ1v) is 11.7. The van der Waals surface area contributed by atoms with Crippen molar-refractivity contribution in [3.63, 3.8) is 0 Å². The highest BCUT2D eigenvalue weighted by Crippen LogP contribution is 2.20. The van der Waals surface area contributed by atoms with E-state index >= 15 is 0 Å². The van der Waals surface area contributed by atoms with E-state index in [9.17, 15) is 13.2 Å². The second kappa shape index (κ2) is 9.90. The number of nitrogens with one attached hydrogen (secondary N) is 2. The zero-order valence-corrected chi connectivity index (χ0v) is 18.2. The lowest BCUT2D eigenvalue weighted by atomic mass is 10.1. The molecule has 0 radical (unpaired) electrons. The summed E-state index contributed by atoms with van der Waals surface area (Å²) in [6.45, 7) is 2.85. The molecule has 2 heterocycles. The van der Waals surface area contributed by atoms with Gasteiger partial charge in [-0.2, -0.15) is 0 Å². The van der Waals surface area contributed by atoms with E-state index in [0.29, 0.717) is 24.5 Å². The molecule has 2 N–H and O–H groups in total. The van der Waals surface area contributed by atoms with Crippen molar-refractivity contribution in [3.05, 3.63) is 84.2 Å². The molecule has 3 aromatic rings. The molecule has 1 saturated heterocycles. The molecule has 1 aromatic heterocycles. The minimum Gasteiger partial charge on any atom is -0.378 e. The number of anilines is 2. The Balaban J connectivity index is 1.38. The van der Waals surface area contributed by atoms with Gasteiger partial charge in [-0.3, -0.25) is 9.78 Å². The predicted octanol–water partition coefficient (Wildman–Crippen LogP) is 2.65. The van der Waals surface area contributed by atoms with Crippen LogP contribution in [0.3, 0.4) is 0 Å². The molecule has 1 fully saturated rings. The van der Waals surface area contributed by atoms with Crippen molar-refractivity contribution >= 4 is 27.3 Å². The van der Waals surface area contributed by atoms with Crippen LogP contribution in [0.4, 0.5) is 11.4 Å². The smallest absolute Gasteiger partial charge is 0.255 e. The first-order chi connectivity index (χ1) is 15.5. The first kappa shape index (κ1) is 21.9. The number of hydrogen-bond acceptors (Lipinski definition) is 6. The highest BCUT2D eigenvalue weighted by atomic mass is 32.2. The minimum absolute atomic E-state index is 0.120. The van der Waals surface area contributed by atoms with E-state index in [1.54, 1.807) is 67.0 Å². The summed E-state index contributed by atoms with van der Waals surface area (Å²) in [5.41, 5.74) is 2.68. The Bertz CT molecular complexity index is 1160. The minimum atomic E-state index is -3.68. The van der Waals surface area contributed by atoms with Crippen LogP contribution in [0.2, 0.25) is 0 Å². The zero-order valence-electron chi connectivity index (χ0n) is 17.4. The highest BCUT2D eigenvalue weighted by molar-refractivity contribution is 7.89. The molecule has 0 aliphatic carbocycles. The van der Waals surface area contributed by atoms with Crippen LogP contribution in [0, 0.1) is 0 Å².